The maximum Gasteiger partial charge on any atom is 0.252 e. The van der Waals surface area contributed by atoms with Gasteiger partial charge < -0.3 is 10.1 Å². The highest BCUT2D eigenvalue weighted by Gasteiger charge is 2.12. The van der Waals surface area contributed by atoms with Gasteiger partial charge in [-0.2, -0.15) is 5.10 Å². The van der Waals surface area contributed by atoms with E-state index >= 15 is 0 Å². The molecule has 0 radical (unpaired) electrons. The molecule has 0 spiro atoms. The van der Waals surface area contributed by atoms with Crippen LogP contribution in [0, 0.1) is 0 Å². The van der Waals surface area contributed by atoms with E-state index in [1.54, 1.807) is 25.0 Å². The molecule has 0 bridgehead atoms. The number of aromatic amines is 1. The first-order chi connectivity index (χ1) is 17.7. The van der Waals surface area contributed by atoms with Crippen LogP contribution in [-0.2, 0) is 0 Å². The fraction of sp³-hybridized carbons (Fsp3) is 0.250. The number of nitrogens with zero attached hydrogens (tertiary/aromatic N) is 3. The van der Waals surface area contributed by atoms with Gasteiger partial charge in [0.1, 0.15) is 6.61 Å². The van der Waals surface area contributed by atoms with Crippen molar-refractivity contribution in [3.63, 3.8) is 0 Å². The first kappa shape index (κ1) is 24.1. The normalized spacial score (nSPS) is 14.0. The van der Waals surface area contributed by atoms with Crippen molar-refractivity contribution in [2.75, 3.05) is 33.3 Å². The third kappa shape index (κ3) is 5.78. The standard InChI is InChI=1S/C28H29N5O2S/c1-29-28(34)23-6-2-3-7-26(23)36-21-9-10-22-24(31-32-25(22)19-21)11-8-20-12-13-30-27(18-20)35-17-16-33-14-4-5-15-33/h2-3,6-13,18-19H,4-5,14-17H2,1H3,(H,29,34)(H,31,32)/b11-8+. The minimum Gasteiger partial charge on any atom is -0.476 e. The van der Waals surface area contributed by atoms with E-state index in [0.717, 1.165) is 38.5 Å². The lowest BCUT2D eigenvalue weighted by atomic mass is 10.1. The number of aromatic nitrogens is 3. The average Bonchev–Trinajstić information content (AvgIpc) is 3.57. The summed E-state index contributed by atoms with van der Waals surface area (Å²) in [5.41, 5.74) is 3.48. The third-order valence-corrected chi connectivity index (χ3v) is 7.26. The van der Waals surface area contributed by atoms with Gasteiger partial charge in [0.05, 0.1) is 16.8 Å². The number of carbonyl (C=O) groups excluding carboxylic acids is 1. The Morgan fingerprint density at radius 1 is 1.14 bits per heavy atom. The van der Waals surface area contributed by atoms with Crippen molar-refractivity contribution in [1.82, 2.24) is 25.4 Å². The lowest BCUT2D eigenvalue weighted by Crippen LogP contribution is -2.25. The summed E-state index contributed by atoms with van der Waals surface area (Å²) in [6.45, 7) is 3.93. The van der Waals surface area contributed by atoms with E-state index in [2.05, 4.69) is 43.6 Å². The van der Waals surface area contributed by atoms with Gasteiger partial charge in [-0.15, -0.1) is 0 Å². The number of nitrogens with one attached hydrogen (secondary N) is 2. The monoisotopic (exact) mass is 499 g/mol. The molecule has 0 aliphatic carbocycles. The lowest BCUT2D eigenvalue weighted by molar-refractivity contribution is 0.0960. The summed E-state index contributed by atoms with van der Waals surface area (Å²) in [6.07, 6.45) is 8.36. The van der Waals surface area contributed by atoms with Gasteiger partial charge in [0.2, 0.25) is 5.88 Å². The Hall–Kier alpha value is -3.62. The first-order valence-electron chi connectivity index (χ1n) is 12.2. The molecule has 1 saturated heterocycles. The quantitative estimate of drug-likeness (QED) is 0.333. The topological polar surface area (TPSA) is 83.1 Å². The summed E-state index contributed by atoms with van der Waals surface area (Å²) >= 11 is 1.56. The number of hydrogen-bond acceptors (Lipinski definition) is 6. The summed E-state index contributed by atoms with van der Waals surface area (Å²) in [4.78, 5) is 20.9. The van der Waals surface area contributed by atoms with Crippen LogP contribution in [0.15, 0.2) is 70.6 Å². The zero-order valence-electron chi connectivity index (χ0n) is 20.2. The largest absolute Gasteiger partial charge is 0.476 e. The molecule has 0 atom stereocenters. The molecule has 4 aromatic rings. The molecule has 2 N–H and O–H groups in total. The number of likely N-dealkylation sites (tertiary alicyclic amines) is 1. The highest BCUT2D eigenvalue weighted by Crippen LogP contribution is 2.33. The van der Waals surface area contributed by atoms with Crippen LogP contribution in [0.25, 0.3) is 23.1 Å². The van der Waals surface area contributed by atoms with Crippen molar-refractivity contribution < 1.29 is 9.53 Å². The number of fused-ring (bicyclic) bond motifs is 1. The van der Waals surface area contributed by atoms with Gasteiger partial charge in [0.25, 0.3) is 5.91 Å². The highest BCUT2D eigenvalue weighted by molar-refractivity contribution is 7.99. The summed E-state index contributed by atoms with van der Waals surface area (Å²) in [5, 5.41) is 11.4. The number of carbonyl (C=O) groups is 1. The van der Waals surface area contributed by atoms with Crippen molar-refractivity contribution >= 4 is 40.7 Å². The molecule has 5 rings (SSSR count). The Kier molecular flexibility index (Phi) is 7.64. The fourth-order valence-electron chi connectivity index (χ4n) is 4.28. The smallest absolute Gasteiger partial charge is 0.252 e. The molecule has 1 aliphatic heterocycles. The van der Waals surface area contributed by atoms with Gasteiger partial charge in [-0.1, -0.05) is 30.0 Å². The number of ether oxygens (including phenoxy) is 1. The Morgan fingerprint density at radius 3 is 2.86 bits per heavy atom. The van der Waals surface area contributed by atoms with Crippen LogP contribution in [-0.4, -0.2) is 59.3 Å². The molecular weight excluding hydrogens is 470 g/mol. The summed E-state index contributed by atoms with van der Waals surface area (Å²) in [5.74, 6) is 0.548. The van der Waals surface area contributed by atoms with Gasteiger partial charge in [0, 0.05) is 41.0 Å². The van der Waals surface area contributed by atoms with Crippen LogP contribution in [0.4, 0.5) is 0 Å². The predicted molar refractivity (Wildman–Crippen MR) is 144 cm³/mol. The van der Waals surface area contributed by atoms with Crippen LogP contribution in [0.2, 0.25) is 0 Å². The van der Waals surface area contributed by atoms with E-state index in [9.17, 15) is 4.79 Å². The molecule has 184 valence electrons. The predicted octanol–water partition coefficient (Wildman–Crippen LogP) is 5.11. The summed E-state index contributed by atoms with van der Waals surface area (Å²) < 4.78 is 5.87. The molecule has 1 aliphatic rings. The Morgan fingerprint density at radius 2 is 2.00 bits per heavy atom. The first-order valence-corrected chi connectivity index (χ1v) is 13.0. The molecule has 7 nitrogen and oxygen atoms in total. The van der Waals surface area contributed by atoms with Crippen molar-refractivity contribution in [3.05, 3.63) is 77.6 Å². The van der Waals surface area contributed by atoms with E-state index < -0.39 is 0 Å². The van der Waals surface area contributed by atoms with E-state index in [1.165, 1.54) is 25.9 Å². The maximum atomic E-state index is 12.2. The fourth-order valence-corrected chi connectivity index (χ4v) is 5.27. The van der Waals surface area contributed by atoms with E-state index in [1.807, 2.05) is 48.6 Å². The zero-order chi connectivity index (χ0) is 24.7. The second-order valence-electron chi connectivity index (χ2n) is 8.65. The van der Waals surface area contributed by atoms with Gasteiger partial charge in [0.15, 0.2) is 0 Å². The molecule has 1 amide bonds. The molecule has 1 fully saturated rings. The van der Waals surface area contributed by atoms with Gasteiger partial charge in [-0.25, -0.2) is 4.98 Å². The summed E-state index contributed by atoms with van der Waals surface area (Å²) in [6, 6.07) is 17.7. The Labute approximate surface area is 215 Å². The van der Waals surface area contributed by atoms with Gasteiger partial charge in [-0.3, -0.25) is 14.8 Å². The van der Waals surface area contributed by atoms with Crippen molar-refractivity contribution in [2.45, 2.75) is 22.6 Å². The van der Waals surface area contributed by atoms with Crippen LogP contribution in [0.5, 0.6) is 5.88 Å². The van der Waals surface area contributed by atoms with E-state index in [4.69, 9.17) is 4.74 Å². The van der Waals surface area contributed by atoms with E-state index in [0.29, 0.717) is 18.1 Å². The number of benzene rings is 2. The summed E-state index contributed by atoms with van der Waals surface area (Å²) in [7, 11) is 1.64. The van der Waals surface area contributed by atoms with Gasteiger partial charge in [-0.05, 0) is 74.0 Å². The lowest BCUT2D eigenvalue weighted by Gasteiger charge is -2.14. The van der Waals surface area contributed by atoms with E-state index in [-0.39, 0.29) is 5.91 Å². The Balaban J connectivity index is 1.26. The van der Waals surface area contributed by atoms with Crippen LogP contribution in [0.3, 0.4) is 0 Å². The molecule has 36 heavy (non-hydrogen) atoms. The van der Waals surface area contributed by atoms with Crippen LogP contribution < -0.4 is 10.1 Å². The van der Waals surface area contributed by atoms with Crippen LogP contribution in [0.1, 0.15) is 34.5 Å². The number of pyridine rings is 1. The molecule has 2 aromatic heterocycles. The van der Waals surface area contributed by atoms with Crippen molar-refractivity contribution in [3.8, 4) is 5.88 Å². The Bertz CT molecular complexity index is 1380. The molecule has 2 aromatic carbocycles. The average molecular weight is 500 g/mol. The molecular formula is C28H29N5O2S. The minimum absolute atomic E-state index is 0.0931. The van der Waals surface area contributed by atoms with Crippen molar-refractivity contribution in [2.24, 2.45) is 0 Å². The molecule has 0 saturated carbocycles. The maximum absolute atomic E-state index is 12.2. The zero-order valence-corrected chi connectivity index (χ0v) is 21.1. The SMILES string of the molecule is CNC(=O)c1ccccc1Sc1ccc2c(/C=C/c3ccnc(OCCN4CCCC4)c3)n[nH]c2c1. The second-order valence-corrected chi connectivity index (χ2v) is 9.77. The third-order valence-electron chi connectivity index (χ3n) is 6.20. The second kappa shape index (κ2) is 11.4. The minimum atomic E-state index is -0.0931. The molecule has 8 heteroatoms. The number of H-pyrrole nitrogens is 1. The number of amides is 1. The van der Waals surface area contributed by atoms with Gasteiger partial charge >= 0.3 is 0 Å². The van der Waals surface area contributed by atoms with Crippen molar-refractivity contribution in [1.29, 1.82) is 0 Å². The number of rotatable bonds is 9. The van der Waals surface area contributed by atoms with Crippen LogP contribution >= 0.6 is 11.8 Å². The molecule has 0 unspecified atom stereocenters. The highest BCUT2D eigenvalue weighted by atomic mass is 32.2. The molecule has 3 heterocycles. The number of hydrogen-bond donors (Lipinski definition) is 2.